The fourth-order valence-electron chi connectivity index (χ4n) is 2.79. The van der Waals surface area contributed by atoms with Gasteiger partial charge in [-0.15, -0.1) is 0 Å². The van der Waals surface area contributed by atoms with Gasteiger partial charge in [-0.2, -0.15) is 9.97 Å². The first kappa shape index (κ1) is 15.3. The van der Waals surface area contributed by atoms with E-state index >= 15 is 0 Å². The number of nitrogens with two attached hydrogens (primary N) is 1. The molecule has 24 heavy (non-hydrogen) atoms. The summed E-state index contributed by atoms with van der Waals surface area (Å²) < 4.78 is 6.78. The average Bonchev–Trinajstić information content (AvgIpc) is 2.88. The smallest absolute Gasteiger partial charge is 0.326 e. The monoisotopic (exact) mass is 388 g/mol. The van der Waals surface area contributed by atoms with Gasteiger partial charge < -0.3 is 20.4 Å². The molecular weight excluding hydrogens is 372 g/mol. The number of anilines is 1. The Bertz CT molecular complexity index is 875. The molecule has 0 aromatic carbocycles. The Labute approximate surface area is 147 Å². The van der Waals surface area contributed by atoms with E-state index in [1.165, 1.54) is 0 Å². The van der Waals surface area contributed by atoms with Gasteiger partial charge in [0.05, 0.1) is 16.1 Å². The minimum Gasteiger partial charge on any atom is -0.423 e. The van der Waals surface area contributed by atoms with E-state index in [0.29, 0.717) is 11.8 Å². The highest BCUT2D eigenvalue weighted by Crippen LogP contribution is 2.37. The lowest BCUT2D eigenvalue weighted by atomic mass is 10.1. The molecule has 0 spiro atoms. The third kappa shape index (κ3) is 2.61. The molecule has 3 aromatic rings. The second-order valence-corrected chi connectivity index (χ2v) is 6.57. The molecule has 1 saturated heterocycles. The quantitative estimate of drug-likeness (QED) is 0.713. The lowest BCUT2D eigenvalue weighted by Gasteiger charge is -2.38. The van der Waals surface area contributed by atoms with Gasteiger partial charge in [0.15, 0.2) is 0 Å². The summed E-state index contributed by atoms with van der Waals surface area (Å²) in [6, 6.07) is 4.11. The van der Waals surface area contributed by atoms with Crippen molar-refractivity contribution in [2.24, 2.45) is 5.73 Å². The number of nitrogens with one attached hydrogen (secondary N) is 1. The summed E-state index contributed by atoms with van der Waals surface area (Å²) in [4.78, 5) is 18.7. The second-order valence-electron chi connectivity index (χ2n) is 5.78. The predicted octanol–water partition coefficient (Wildman–Crippen LogP) is 2.62. The van der Waals surface area contributed by atoms with E-state index < -0.39 is 0 Å². The van der Waals surface area contributed by atoms with E-state index in [1.54, 1.807) is 12.4 Å². The number of rotatable bonds is 4. The number of aromatic amines is 1. The molecule has 0 amide bonds. The van der Waals surface area contributed by atoms with E-state index in [1.807, 2.05) is 12.1 Å². The van der Waals surface area contributed by atoms with E-state index in [4.69, 9.17) is 10.5 Å². The first-order chi connectivity index (χ1) is 11.7. The summed E-state index contributed by atoms with van der Waals surface area (Å²) in [5.41, 5.74) is 7.78. The number of fused-ring (bicyclic) bond motifs is 1. The first-order valence-corrected chi connectivity index (χ1v) is 8.61. The van der Waals surface area contributed by atoms with Crippen LogP contribution < -0.4 is 15.4 Å². The Balaban J connectivity index is 1.81. The first-order valence-electron chi connectivity index (χ1n) is 7.82. The van der Waals surface area contributed by atoms with Crippen LogP contribution in [-0.2, 0) is 6.42 Å². The highest BCUT2D eigenvalue weighted by Gasteiger charge is 2.29. The molecule has 1 aliphatic heterocycles. The molecule has 0 saturated carbocycles. The number of nitrogens with zero attached hydrogens (tertiary/aromatic N) is 4. The minimum atomic E-state index is 0.182. The number of ether oxygens (including phenoxy) is 1. The van der Waals surface area contributed by atoms with Crippen LogP contribution in [0, 0.1) is 0 Å². The zero-order valence-corrected chi connectivity index (χ0v) is 14.7. The summed E-state index contributed by atoms with van der Waals surface area (Å²) in [7, 11) is 0. The molecule has 0 unspecified atom stereocenters. The van der Waals surface area contributed by atoms with E-state index in [-0.39, 0.29) is 6.04 Å². The van der Waals surface area contributed by atoms with Crippen LogP contribution in [0.25, 0.3) is 11.0 Å². The van der Waals surface area contributed by atoms with Crippen LogP contribution in [0.4, 0.5) is 5.82 Å². The average molecular weight is 389 g/mol. The highest BCUT2D eigenvalue weighted by molar-refractivity contribution is 9.10. The zero-order valence-electron chi connectivity index (χ0n) is 13.2. The summed E-state index contributed by atoms with van der Waals surface area (Å²) >= 11 is 3.67. The molecule has 124 valence electrons. The molecular formula is C16H17BrN6O. The van der Waals surface area contributed by atoms with Crippen molar-refractivity contribution in [3.05, 3.63) is 34.7 Å². The third-order valence-electron chi connectivity index (χ3n) is 4.03. The minimum absolute atomic E-state index is 0.182. The summed E-state index contributed by atoms with van der Waals surface area (Å²) in [5.74, 6) is 1.44. The van der Waals surface area contributed by atoms with Crippen LogP contribution in [0.1, 0.15) is 12.6 Å². The van der Waals surface area contributed by atoms with Crippen molar-refractivity contribution in [2.75, 3.05) is 18.0 Å². The lowest BCUT2D eigenvalue weighted by Crippen LogP contribution is -2.56. The van der Waals surface area contributed by atoms with E-state index in [0.717, 1.165) is 46.5 Å². The van der Waals surface area contributed by atoms with E-state index in [2.05, 4.69) is 47.7 Å². The molecule has 3 aromatic heterocycles. The van der Waals surface area contributed by atoms with Crippen molar-refractivity contribution in [1.82, 2.24) is 19.9 Å². The number of hydrogen-bond donors (Lipinski definition) is 2. The molecule has 4 heterocycles. The van der Waals surface area contributed by atoms with Crippen molar-refractivity contribution >= 4 is 32.8 Å². The molecule has 7 nitrogen and oxygen atoms in total. The maximum Gasteiger partial charge on any atom is 0.326 e. The van der Waals surface area contributed by atoms with Gasteiger partial charge in [-0.25, -0.2) is 0 Å². The van der Waals surface area contributed by atoms with Crippen molar-refractivity contribution in [3.63, 3.8) is 0 Å². The fraction of sp³-hybridized carbons (Fsp3) is 0.312. The Morgan fingerprint density at radius 1 is 1.42 bits per heavy atom. The maximum atomic E-state index is 5.94. The topological polar surface area (TPSA) is 92.9 Å². The van der Waals surface area contributed by atoms with Gasteiger partial charge in [0.25, 0.3) is 0 Å². The summed E-state index contributed by atoms with van der Waals surface area (Å²) in [5, 5.41) is 0.970. The standard InChI is InChI=1S/C16H17BrN6O/c1-2-11-13(17)12-14(20-11)21-16(24-10-4-3-5-19-6-10)22-15(12)23-7-9(18)8-23/h3-6,9H,2,7-8,18H2,1H3,(H,20,21,22). The van der Waals surface area contributed by atoms with Gasteiger partial charge in [0.1, 0.15) is 17.2 Å². The fourth-order valence-corrected chi connectivity index (χ4v) is 3.53. The number of aromatic nitrogens is 4. The molecule has 0 bridgehead atoms. The summed E-state index contributed by atoms with van der Waals surface area (Å²) in [6.45, 7) is 3.64. The molecule has 0 radical (unpaired) electrons. The Kier molecular flexibility index (Phi) is 3.85. The van der Waals surface area contributed by atoms with E-state index in [9.17, 15) is 0 Å². The molecule has 1 aliphatic rings. The highest BCUT2D eigenvalue weighted by atomic mass is 79.9. The molecule has 1 fully saturated rings. The van der Waals surface area contributed by atoms with Gasteiger partial charge in [-0.1, -0.05) is 6.92 Å². The van der Waals surface area contributed by atoms with Gasteiger partial charge >= 0.3 is 6.01 Å². The van der Waals surface area contributed by atoms with Crippen molar-refractivity contribution in [3.8, 4) is 11.8 Å². The van der Waals surface area contributed by atoms with Crippen LogP contribution in [-0.4, -0.2) is 39.1 Å². The molecule has 3 N–H and O–H groups in total. The van der Waals surface area contributed by atoms with Gasteiger partial charge in [-0.05, 0) is 34.5 Å². The van der Waals surface area contributed by atoms with Crippen molar-refractivity contribution in [2.45, 2.75) is 19.4 Å². The largest absolute Gasteiger partial charge is 0.423 e. The van der Waals surface area contributed by atoms with Gasteiger partial charge in [-0.3, -0.25) is 4.98 Å². The third-order valence-corrected chi connectivity index (χ3v) is 4.90. The van der Waals surface area contributed by atoms with Crippen LogP contribution in [0.15, 0.2) is 29.0 Å². The Hall–Kier alpha value is -2.19. The number of halogens is 1. The number of aryl methyl sites for hydroxylation is 1. The number of H-pyrrole nitrogens is 1. The molecule has 4 rings (SSSR count). The molecule has 0 aliphatic carbocycles. The molecule has 0 atom stereocenters. The van der Waals surface area contributed by atoms with Crippen LogP contribution in [0.3, 0.4) is 0 Å². The second kappa shape index (κ2) is 6.03. The predicted molar refractivity (Wildman–Crippen MR) is 95.5 cm³/mol. The van der Waals surface area contributed by atoms with Crippen LogP contribution >= 0.6 is 15.9 Å². The Morgan fingerprint density at radius 3 is 2.92 bits per heavy atom. The number of pyridine rings is 1. The lowest BCUT2D eigenvalue weighted by molar-refractivity contribution is 0.438. The normalized spacial score (nSPS) is 14.9. The maximum absolute atomic E-state index is 5.94. The number of hydrogen-bond acceptors (Lipinski definition) is 6. The van der Waals surface area contributed by atoms with Crippen LogP contribution in [0.2, 0.25) is 0 Å². The van der Waals surface area contributed by atoms with Crippen molar-refractivity contribution in [1.29, 1.82) is 0 Å². The summed E-state index contributed by atoms with van der Waals surface area (Å²) in [6.07, 6.45) is 4.20. The molecule has 8 heteroatoms. The van der Waals surface area contributed by atoms with Crippen LogP contribution in [0.5, 0.6) is 11.8 Å². The van der Waals surface area contributed by atoms with Gasteiger partial charge in [0.2, 0.25) is 0 Å². The van der Waals surface area contributed by atoms with Gasteiger partial charge in [0, 0.05) is 31.0 Å². The van der Waals surface area contributed by atoms with Crippen molar-refractivity contribution < 1.29 is 4.74 Å². The SMILES string of the molecule is CCc1[nH]c2nc(Oc3cccnc3)nc(N3CC(N)C3)c2c1Br. The Morgan fingerprint density at radius 2 is 2.25 bits per heavy atom. The zero-order chi connectivity index (χ0) is 16.7.